The Hall–Kier alpha value is -1.55. The van der Waals surface area contributed by atoms with E-state index in [0.29, 0.717) is 5.56 Å². The summed E-state index contributed by atoms with van der Waals surface area (Å²) in [5, 5.41) is 12.3. The average Bonchev–Trinajstić information content (AvgIpc) is 2.66. The van der Waals surface area contributed by atoms with Gasteiger partial charge in [-0.1, -0.05) is 6.07 Å². The molecule has 1 unspecified atom stereocenters. The zero-order chi connectivity index (χ0) is 11.8. The lowest BCUT2D eigenvalue weighted by Crippen LogP contribution is -2.29. The number of aliphatic hydroxyl groups excluding tert-OH is 1. The Morgan fingerprint density at radius 2 is 2.00 bits per heavy atom. The normalized spacial score (nSPS) is 23.5. The first-order chi connectivity index (χ1) is 8.25. The molecule has 2 aliphatic heterocycles. The first-order valence-electron chi connectivity index (χ1n) is 6.13. The van der Waals surface area contributed by atoms with Gasteiger partial charge < -0.3 is 15.3 Å². The van der Waals surface area contributed by atoms with Gasteiger partial charge in [-0.05, 0) is 31.4 Å². The molecule has 17 heavy (non-hydrogen) atoms. The lowest BCUT2D eigenvalue weighted by Gasteiger charge is -2.29. The van der Waals surface area contributed by atoms with Crippen molar-refractivity contribution in [3.63, 3.8) is 0 Å². The van der Waals surface area contributed by atoms with Gasteiger partial charge in [0.1, 0.15) is 0 Å². The summed E-state index contributed by atoms with van der Waals surface area (Å²) in [6.45, 7) is 2.16. The highest BCUT2D eigenvalue weighted by Gasteiger charge is 2.28. The Balaban J connectivity index is 1.89. The smallest absolute Gasteiger partial charge is 0.257 e. The van der Waals surface area contributed by atoms with Crippen molar-refractivity contribution in [2.45, 2.75) is 25.4 Å². The molecule has 4 heteroatoms. The zero-order valence-electron chi connectivity index (χ0n) is 9.65. The third-order valence-corrected chi connectivity index (χ3v) is 3.56. The number of fused-ring (bicyclic) bond motifs is 1. The molecule has 0 radical (unpaired) electrons. The van der Waals surface area contributed by atoms with Gasteiger partial charge in [-0.25, -0.2) is 0 Å². The van der Waals surface area contributed by atoms with Crippen molar-refractivity contribution < 1.29 is 9.90 Å². The number of carbonyl (C=O) groups excluding carboxylic acids is 1. The molecule has 1 fully saturated rings. The van der Waals surface area contributed by atoms with Gasteiger partial charge in [0, 0.05) is 30.0 Å². The number of amides is 1. The second kappa shape index (κ2) is 4.04. The Morgan fingerprint density at radius 3 is 2.76 bits per heavy atom. The summed E-state index contributed by atoms with van der Waals surface area (Å²) in [6.07, 6.45) is 2.76. The van der Waals surface area contributed by atoms with Gasteiger partial charge in [0.25, 0.3) is 5.91 Å². The van der Waals surface area contributed by atoms with Crippen LogP contribution >= 0.6 is 0 Å². The van der Waals surface area contributed by atoms with Crippen LogP contribution in [-0.4, -0.2) is 24.1 Å². The minimum Gasteiger partial charge on any atom is -0.378 e. The summed E-state index contributed by atoms with van der Waals surface area (Å²) in [5.74, 6) is -0.323. The highest BCUT2D eigenvalue weighted by molar-refractivity contribution is 6.02. The van der Waals surface area contributed by atoms with Gasteiger partial charge in [0.2, 0.25) is 0 Å². The molecule has 0 bridgehead atoms. The predicted octanol–water partition coefficient (Wildman–Crippen LogP) is 1.66. The largest absolute Gasteiger partial charge is 0.378 e. The van der Waals surface area contributed by atoms with E-state index >= 15 is 0 Å². The Labute approximate surface area is 100 Å². The van der Waals surface area contributed by atoms with E-state index < -0.39 is 6.10 Å². The molecule has 0 aliphatic carbocycles. The minimum atomic E-state index is -1.000. The van der Waals surface area contributed by atoms with Crippen LogP contribution in [0, 0.1) is 0 Å². The maximum atomic E-state index is 11.3. The van der Waals surface area contributed by atoms with E-state index in [2.05, 4.69) is 10.2 Å². The third-order valence-electron chi connectivity index (χ3n) is 3.56. The van der Waals surface area contributed by atoms with Crippen molar-refractivity contribution in [2.75, 3.05) is 23.3 Å². The maximum Gasteiger partial charge on any atom is 0.257 e. The molecule has 3 rings (SSSR count). The number of benzene rings is 1. The van der Waals surface area contributed by atoms with E-state index in [9.17, 15) is 9.90 Å². The topological polar surface area (TPSA) is 52.6 Å². The van der Waals surface area contributed by atoms with E-state index in [0.717, 1.165) is 24.5 Å². The molecule has 2 N–H and O–H groups in total. The number of hydrogen-bond donors (Lipinski definition) is 2. The number of hydrogen-bond acceptors (Lipinski definition) is 3. The highest BCUT2D eigenvalue weighted by atomic mass is 16.3. The summed E-state index contributed by atoms with van der Waals surface area (Å²) in [6, 6.07) is 5.81. The first kappa shape index (κ1) is 10.6. The van der Waals surface area contributed by atoms with Crippen LogP contribution in [-0.2, 0) is 4.79 Å². The van der Waals surface area contributed by atoms with Crippen LogP contribution in [0.25, 0.3) is 0 Å². The number of rotatable bonds is 1. The van der Waals surface area contributed by atoms with Crippen molar-refractivity contribution in [2.24, 2.45) is 0 Å². The standard InChI is InChI=1S/C13H16N2O2/c16-12-10-5-4-9(8-11(10)14-13(12)17)15-6-2-1-3-7-15/h4-5,8,12,16H,1-3,6-7H2,(H,14,17). The summed E-state index contributed by atoms with van der Waals surface area (Å²) in [5.41, 5.74) is 2.58. The summed E-state index contributed by atoms with van der Waals surface area (Å²) in [7, 11) is 0. The molecule has 2 heterocycles. The number of carbonyl (C=O) groups is 1. The highest BCUT2D eigenvalue weighted by Crippen LogP contribution is 2.34. The molecule has 0 spiro atoms. The van der Waals surface area contributed by atoms with Crippen LogP contribution in [0.2, 0.25) is 0 Å². The fraction of sp³-hybridized carbons (Fsp3) is 0.462. The van der Waals surface area contributed by atoms with E-state index in [1.54, 1.807) is 0 Å². The second-order valence-electron chi connectivity index (χ2n) is 4.71. The summed E-state index contributed by atoms with van der Waals surface area (Å²) in [4.78, 5) is 13.7. The van der Waals surface area contributed by atoms with Gasteiger partial charge in [0.05, 0.1) is 0 Å². The van der Waals surface area contributed by atoms with Crippen LogP contribution in [0.15, 0.2) is 18.2 Å². The van der Waals surface area contributed by atoms with Gasteiger partial charge in [0.15, 0.2) is 6.10 Å². The van der Waals surface area contributed by atoms with Gasteiger partial charge in [-0.15, -0.1) is 0 Å². The van der Waals surface area contributed by atoms with Crippen molar-refractivity contribution >= 4 is 17.3 Å². The maximum absolute atomic E-state index is 11.3. The predicted molar refractivity (Wildman–Crippen MR) is 66.1 cm³/mol. The molecular weight excluding hydrogens is 216 g/mol. The first-order valence-corrected chi connectivity index (χ1v) is 6.13. The molecule has 90 valence electrons. The van der Waals surface area contributed by atoms with Crippen LogP contribution in [0.3, 0.4) is 0 Å². The van der Waals surface area contributed by atoms with Crippen molar-refractivity contribution in [1.82, 2.24) is 0 Å². The number of anilines is 2. The van der Waals surface area contributed by atoms with Crippen LogP contribution in [0.5, 0.6) is 0 Å². The molecule has 0 aromatic heterocycles. The Kier molecular flexibility index (Phi) is 2.52. The van der Waals surface area contributed by atoms with E-state index in [4.69, 9.17) is 0 Å². The molecule has 0 saturated carbocycles. The molecule has 1 aromatic rings. The number of nitrogens with zero attached hydrogens (tertiary/aromatic N) is 1. The molecule has 2 aliphatic rings. The van der Waals surface area contributed by atoms with Crippen LogP contribution < -0.4 is 10.2 Å². The van der Waals surface area contributed by atoms with Gasteiger partial charge in [-0.3, -0.25) is 4.79 Å². The Bertz CT molecular complexity index is 453. The van der Waals surface area contributed by atoms with Crippen molar-refractivity contribution in [3.05, 3.63) is 23.8 Å². The number of aliphatic hydroxyl groups is 1. The summed E-state index contributed by atoms with van der Waals surface area (Å²) < 4.78 is 0. The lowest BCUT2D eigenvalue weighted by molar-refractivity contribution is -0.123. The van der Waals surface area contributed by atoms with Gasteiger partial charge >= 0.3 is 0 Å². The summed E-state index contributed by atoms with van der Waals surface area (Å²) >= 11 is 0. The van der Waals surface area contributed by atoms with E-state index in [-0.39, 0.29) is 5.91 Å². The molecule has 1 amide bonds. The SMILES string of the molecule is O=C1Nc2cc(N3CCCCC3)ccc2C1O. The van der Waals surface area contributed by atoms with Crippen molar-refractivity contribution in [3.8, 4) is 0 Å². The zero-order valence-corrected chi connectivity index (χ0v) is 9.65. The monoisotopic (exact) mass is 232 g/mol. The van der Waals surface area contributed by atoms with E-state index in [1.807, 2.05) is 18.2 Å². The molecule has 1 atom stereocenters. The van der Waals surface area contributed by atoms with Crippen LogP contribution in [0.1, 0.15) is 30.9 Å². The quantitative estimate of drug-likeness (QED) is 0.774. The van der Waals surface area contributed by atoms with Crippen LogP contribution in [0.4, 0.5) is 11.4 Å². The van der Waals surface area contributed by atoms with Gasteiger partial charge in [-0.2, -0.15) is 0 Å². The second-order valence-corrected chi connectivity index (χ2v) is 4.71. The molecular formula is C13H16N2O2. The molecule has 1 aromatic carbocycles. The number of piperidine rings is 1. The Morgan fingerprint density at radius 1 is 1.24 bits per heavy atom. The fourth-order valence-corrected chi connectivity index (χ4v) is 2.58. The lowest BCUT2D eigenvalue weighted by atomic mass is 10.1. The fourth-order valence-electron chi connectivity index (χ4n) is 2.58. The molecule has 4 nitrogen and oxygen atoms in total. The van der Waals surface area contributed by atoms with E-state index in [1.165, 1.54) is 19.3 Å². The average molecular weight is 232 g/mol. The number of nitrogens with one attached hydrogen (secondary N) is 1. The molecule has 1 saturated heterocycles. The minimum absolute atomic E-state index is 0.323. The van der Waals surface area contributed by atoms with Crippen molar-refractivity contribution in [1.29, 1.82) is 0 Å². The third kappa shape index (κ3) is 1.78.